The minimum absolute atomic E-state index is 0.109. The quantitative estimate of drug-likeness (QED) is 0.785. The van der Waals surface area contributed by atoms with Gasteiger partial charge in [-0.1, -0.05) is 12.1 Å². The van der Waals surface area contributed by atoms with Crippen LogP contribution in [0.2, 0.25) is 0 Å². The molecule has 1 aliphatic carbocycles. The van der Waals surface area contributed by atoms with Crippen molar-refractivity contribution >= 4 is 5.97 Å². The number of nitrogens with two attached hydrogens (primary N) is 1. The molecule has 17 heavy (non-hydrogen) atoms. The highest BCUT2D eigenvalue weighted by atomic mass is 16.5. The highest BCUT2D eigenvalue weighted by Gasteiger charge is 2.22. The second-order valence-corrected chi connectivity index (χ2v) is 4.45. The molecule has 0 bridgehead atoms. The van der Waals surface area contributed by atoms with Crippen molar-refractivity contribution in [3.63, 3.8) is 0 Å². The van der Waals surface area contributed by atoms with Gasteiger partial charge in [0.15, 0.2) is 0 Å². The molecule has 1 fully saturated rings. The van der Waals surface area contributed by atoms with Gasteiger partial charge in [0.05, 0.1) is 12.5 Å². The summed E-state index contributed by atoms with van der Waals surface area (Å²) in [4.78, 5) is 10.9. The lowest BCUT2D eigenvalue weighted by Gasteiger charge is -2.11. The Hall–Kier alpha value is -1.55. The summed E-state index contributed by atoms with van der Waals surface area (Å²) in [5.41, 5.74) is 6.16. The fourth-order valence-electron chi connectivity index (χ4n) is 1.67. The molecule has 1 saturated carbocycles. The van der Waals surface area contributed by atoms with Crippen molar-refractivity contribution in [1.29, 1.82) is 0 Å². The van der Waals surface area contributed by atoms with Gasteiger partial charge in [0, 0.05) is 6.54 Å². The van der Waals surface area contributed by atoms with Crippen LogP contribution in [0.1, 0.15) is 24.3 Å². The standard InChI is InChI=1S/C13H17NO3/c14-7-12(13(15)16)10-3-5-11(6-4-10)17-8-9-1-2-9/h3-6,9,12H,1-2,7-8,14H2,(H,15,16). The molecule has 0 spiro atoms. The summed E-state index contributed by atoms with van der Waals surface area (Å²) in [6.45, 7) is 0.871. The maximum Gasteiger partial charge on any atom is 0.312 e. The Balaban J connectivity index is 1.97. The number of benzene rings is 1. The van der Waals surface area contributed by atoms with E-state index in [4.69, 9.17) is 15.6 Å². The third kappa shape index (κ3) is 3.20. The number of carboxylic acids is 1. The number of carbonyl (C=O) groups is 1. The van der Waals surface area contributed by atoms with Crippen molar-refractivity contribution in [1.82, 2.24) is 0 Å². The molecule has 0 aliphatic heterocycles. The minimum Gasteiger partial charge on any atom is -0.493 e. The zero-order valence-electron chi connectivity index (χ0n) is 9.63. The van der Waals surface area contributed by atoms with Crippen LogP contribution >= 0.6 is 0 Å². The molecule has 1 aromatic carbocycles. The van der Waals surface area contributed by atoms with Gasteiger partial charge < -0.3 is 15.6 Å². The van der Waals surface area contributed by atoms with Gasteiger partial charge in [-0.05, 0) is 36.5 Å². The summed E-state index contributed by atoms with van der Waals surface area (Å²) in [7, 11) is 0. The maximum atomic E-state index is 10.9. The van der Waals surface area contributed by atoms with E-state index in [1.807, 2.05) is 12.1 Å². The molecule has 4 heteroatoms. The summed E-state index contributed by atoms with van der Waals surface area (Å²) in [5.74, 6) is -0.0149. The first-order chi connectivity index (χ1) is 8.20. The molecule has 1 atom stereocenters. The van der Waals surface area contributed by atoms with E-state index in [1.54, 1.807) is 12.1 Å². The first kappa shape index (κ1) is 11.9. The Morgan fingerprint density at radius 1 is 1.41 bits per heavy atom. The predicted octanol–water partition coefficient (Wildman–Crippen LogP) is 1.60. The lowest BCUT2D eigenvalue weighted by atomic mass is 9.99. The van der Waals surface area contributed by atoms with Gasteiger partial charge in [-0.15, -0.1) is 0 Å². The van der Waals surface area contributed by atoms with Crippen LogP contribution in [0.4, 0.5) is 0 Å². The van der Waals surface area contributed by atoms with Crippen molar-refractivity contribution in [2.45, 2.75) is 18.8 Å². The predicted molar refractivity (Wildman–Crippen MR) is 64.1 cm³/mol. The van der Waals surface area contributed by atoms with Crippen LogP contribution in [0.25, 0.3) is 0 Å². The van der Waals surface area contributed by atoms with Crippen molar-refractivity contribution in [2.24, 2.45) is 11.7 Å². The van der Waals surface area contributed by atoms with Crippen LogP contribution in [-0.4, -0.2) is 24.2 Å². The smallest absolute Gasteiger partial charge is 0.312 e. The SMILES string of the molecule is NCC(C(=O)O)c1ccc(OCC2CC2)cc1. The molecule has 0 heterocycles. The monoisotopic (exact) mass is 235 g/mol. The van der Waals surface area contributed by atoms with Crippen molar-refractivity contribution in [3.05, 3.63) is 29.8 Å². The normalized spacial score (nSPS) is 16.5. The highest BCUT2D eigenvalue weighted by molar-refractivity contribution is 5.76. The molecule has 1 aliphatic rings. The zero-order valence-corrected chi connectivity index (χ0v) is 9.63. The molecule has 0 saturated heterocycles. The number of carboxylic acid groups (broad SMARTS) is 1. The lowest BCUT2D eigenvalue weighted by molar-refractivity contribution is -0.138. The van der Waals surface area contributed by atoms with Gasteiger partial charge >= 0.3 is 5.97 Å². The van der Waals surface area contributed by atoms with E-state index in [9.17, 15) is 4.79 Å². The van der Waals surface area contributed by atoms with Crippen molar-refractivity contribution in [3.8, 4) is 5.75 Å². The van der Waals surface area contributed by atoms with Gasteiger partial charge in [0.25, 0.3) is 0 Å². The Morgan fingerprint density at radius 3 is 2.53 bits per heavy atom. The first-order valence-electron chi connectivity index (χ1n) is 5.86. The van der Waals surface area contributed by atoms with Crippen LogP contribution in [0.3, 0.4) is 0 Å². The average molecular weight is 235 g/mol. The molecular formula is C13H17NO3. The third-order valence-electron chi connectivity index (χ3n) is 3.00. The Kier molecular flexibility index (Phi) is 3.64. The summed E-state index contributed by atoms with van der Waals surface area (Å²) < 4.78 is 5.58. The summed E-state index contributed by atoms with van der Waals surface area (Å²) >= 11 is 0. The molecular weight excluding hydrogens is 218 g/mol. The van der Waals surface area contributed by atoms with Crippen LogP contribution in [0.15, 0.2) is 24.3 Å². The third-order valence-corrected chi connectivity index (χ3v) is 3.00. The zero-order chi connectivity index (χ0) is 12.3. The second kappa shape index (κ2) is 5.19. The van der Waals surface area contributed by atoms with E-state index in [0.717, 1.165) is 17.9 Å². The second-order valence-electron chi connectivity index (χ2n) is 4.45. The van der Waals surface area contributed by atoms with Crippen molar-refractivity contribution < 1.29 is 14.6 Å². The Bertz CT molecular complexity index is 384. The van der Waals surface area contributed by atoms with Crippen LogP contribution in [-0.2, 0) is 4.79 Å². The maximum absolute atomic E-state index is 10.9. The molecule has 0 amide bonds. The van der Waals surface area contributed by atoms with Crippen LogP contribution < -0.4 is 10.5 Å². The van der Waals surface area contributed by atoms with E-state index < -0.39 is 11.9 Å². The Morgan fingerprint density at radius 2 is 2.06 bits per heavy atom. The first-order valence-corrected chi connectivity index (χ1v) is 5.86. The summed E-state index contributed by atoms with van der Waals surface area (Å²) in [6, 6.07) is 7.16. The van der Waals surface area contributed by atoms with E-state index in [0.29, 0.717) is 5.92 Å². The molecule has 1 aromatic rings. The minimum atomic E-state index is -0.890. The van der Waals surface area contributed by atoms with Crippen molar-refractivity contribution in [2.75, 3.05) is 13.2 Å². The van der Waals surface area contributed by atoms with E-state index in [1.165, 1.54) is 12.8 Å². The molecule has 4 nitrogen and oxygen atoms in total. The molecule has 1 unspecified atom stereocenters. The Labute approximate surface area is 100 Å². The number of rotatable bonds is 6. The van der Waals surface area contributed by atoms with Gasteiger partial charge in [0.1, 0.15) is 5.75 Å². The van der Waals surface area contributed by atoms with Gasteiger partial charge in [-0.2, -0.15) is 0 Å². The van der Waals surface area contributed by atoms with Gasteiger partial charge in [-0.25, -0.2) is 0 Å². The largest absolute Gasteiger partial charge is 0.493 e. The average Bonchev–Trinajstić information content (AvgIpc) is 3.12. The molecule has 2 rings (SSSR count). The van der Waals surface area contributed by atoms with Gasteiger partial charge in [-0.3, -0.25) is 4.79 Å². The lowest BCUT2D eigenvalue weighted by Crippen LogP contribution is -2.20. The van der Waals surface area contributed by atoms with E-state index in [2.05, 4.69) is 0 Å². The number of ether oxygens (including phenoxy) is 1. The fourth-order valence-corrected chi connectivity index (χ4v) is 1.67. The number of hydrogen-bond acceptors (Lipinski definition) is 3. The topological polar surface area (TPSA) is 72.6 Å². The molecule has 92 valence electrons. The van der Waals surface area contributed by atoms with Gasteiger partial charge in [0.2, 0.25) is 0 Å². The number of hydrogen-bond donors (Lipinski definition) is 2. The molecule has 0 aromatic heterocycles. The van der Waals surface area contributed by atoms with E-state index in [-0.39, 0.29) is 6.54 Å². The summed E-state index contributed by atoms with van der Waals surface area (Å²) in [5, 5.41) is 8.97. The van der Waals surface area contributed by atoms with E-state index >= 15 is 0 Å². The highest BCUT2D eigenvalue weighted by Crippen LogP contribution is 2.29. The summed E-state index contributed by atoms with van der Waals surface area (Å²) in [6.07, 6.45) is 2.51. The fraction of sp³-hybridized carbons (Fsp3) is 0.462. The molecule has 3 N–H and O–H groups in total. The molecule has 0 radical (unpaired) electrons. The number of aliphatic carboxylic acids is 1. The van der Waals surface area contributed by atoms with Crippen LogP contribution in [0, 0.1) is 5.92 Å². The van der Waals surface area contributed by atoms with Crippen LogP contribution in [0.5, 0.6) is 5.75 Å².